The first-order valence-corrected chi connectivity index (χ1v) is 14.2. The van der Waals surface area contributed by atoms with E-state index in [0.717, 1.165) is 40.6 Å². The van der Waals surface area contributed by atoms with E-state index in [-0.39, 0.29) is 23.0 Å². The molecular formula is C29H34FN3O5S. The van der Waals surface area contributed by atoms with Gasteiger partial charge in [-0.05, 0) is 66.9 Å². The van der Waals surface area contributed by atoms with Crippen molar-refractivity contribution in [2.24, 2.45) is 0 Å². The molecule has 0 radical (unpaired) electrons. The number of anilines is 1. The number of ether oxygens (including phenoxy) is 1. The molecule has 2 amide bonds. The van der Waals surface area contributed by atoms with E-state index >= 15 is 0 Å². The van der Waals surface area contributed by atoms with Gasteiger partial charge >= 0.3 is 0 Å². The molecule has 0 aromatic heterocycles. The fourth-order valence-corrected chi connectivity index (χ4v) is 5.52. The zero-order valence-corrected chi connectivity index (χ0v) is 23.2. The Morgan fingerprint density at radius 3 is 2.28 bits per heavy atom. The molecule has 3 aromatic rings. The van der Waals surface area contributed by atoms with Crippen molar-refractivity contribution in [3.05, 3.63) is 90.2 Å². The van der Waals surface area contributed by atoms with Crippen LogP contribution in [0.2, 0.25) is 0 Å². The molecule has 3 rings (SSSR count). The van der Waals surface area contributed by atoms with E-state index in [0.29, 0.717) is 18.7 Å². The van der Waals surface area contributed by atoms with Crippen LogP contribution in [-0.2, 0) is 26.2 Å². The third-order valence-corrected chi connectivity index (χ3v) is 7.93. The summed E-state index contributed by atoms with van der Waals surface area (Å²) >= 11 is 0. The Labute approximate surface area is 229 Å². The number of para-hydroxylation sites is 1. The normalized spacial score (nSPS) is 11.9. The number of halogens is 1. The standard InChI is InChI=1S/C29H34FN3O5S/c1-4-18-31-29(35)27(5-2)32(20-22-10-9-13-25(19-22)38-3)28(34)21-33(24-11-7-6-8-12-24)39(36,37)26-16-14-23(30)15-17-26/h6-17,19,27H,4-5,18,20-21H2,1-3H3,(H,31,35)/t27-/m0/s1. The third kappa shape index (κ3) is 7.57. The van der Waals surface area contributed by atoms with Gasteiger partial charge in [0.25, 0.3) is 10.0 Å². The summed E-state index contributed by atoms with van der Waals surface area (Å²) in [6.07, 6.45) is 1.05. The number of sulfonamides is 1. The average Bonchev–Trinajstić information content (AvgIpc) is 2.95. The number of nitrogens with zero attached hydrogens (tertiary/aromatic N) is 2. The summed E-state index contributed by atoms with van der Waals surface area (Å²) in [5, 5.41) is 2.85. The largest absolute Gasteiger partial charge is 0.497 e. The summed E-state index contributed by atoms with van der Waals surface area (Å²) in [7, 11) is -2.72. The molecule has 208 valence electrons. The number of carbonyl (C=O) groups excluding carboxylic acids is 2. The first kappa shape index (κ1) is 29.6. The van der Waals surface area contributed by atoms with Gasteiger partial charge in [0.05, 0.1) is 17.7 Å². The fourth-order valence-electron chi connectivity index (χ4n) is 4.11. The van der Waals surface area contributed by atoms with E-state index in [1.807, 2.05) is 13.0 Å². The average molecular weight is 556 g/mol. The van der Waals surface area contributed by atoms with Crippen LogP contribution in [0.4, 0.5) is 10.1 Å². The molecule has 0 unspecified atom stereocenters. The minimum atomic E-state index is -4.25. The Bertz CT molecular complexity index is 1350. The van der Waals surface area contributed by atoms with E-state index < -0.39 is 34.3 Å². The number of amides is 2. The van der Waals surface area contributed by atoms with Crippen LogP contribution in [-0.4, -0.2) is 51.4 Å². The summed E-state index contributed by atoms with van der Waals surface area (Å²) in [4.78, 5) is 28.3. The van der Waals surface area contributed by atoms with Gasteiger partial charge in [-0.3, -0.25) is 13.9 Å². The van der Waals surface area contributed by atoms with Gasteiger partial charge in [0.2, 0.25) is 11.8 Å². The lowest BCUT2D eigenvalue weighted by atomic mass is 10.1. The third-order valence-electron chi connectivity index (χ3n) is 6.15. The Morgan fingerprint density at radius 1 is 0.974 bits per heavy atom. The van der Waals surface area contributed by atoms with Crippen molar-refractivity contribution < 1.29 is 27.1 Å². The van der Waals surface area contributed by atoms with Crippen LogP contribution in [0.5, 0.6) is 5.75 Å². The summed E-state index contributed by atoms with van der Waals surface area (Å²) in [5.41, 5.74) is 0.983. The zero-order valence-electron chi connectivity index (χ0n) is 22.3. The number of benzene rings is 3. The highest BCUT2D eigenvalue weighted by Gasteiger charge is 2.33. The Hall–Kier alpha value is -3.92. The van der Waals surface area contributed by atoms with Crippen molar-refractivity contribution in [2.75, 3.05) is 24.5 Å². The molecule has 0 bridgehead atoms. The molecule has 3 aromatic carbocycles. The van der Waals surface area contributed by atoms with E-state index in [2.05, 4.69) is 5.32 Å². The van der Waals surface area contributed by atoms with Gasteiger partial charge in [-0.25, -0.2) is 12.8 Å². The second-order valence-electron chi connectivity index (χ2n) is 8.89. The van der Waals surface area contributed by atoms with Gasteiger partial charge in [-0.1, -0.05) is 44.2 Å². The number of hydrogen-bond acceptors (Lipinski definition) is 5. The van der Waals surface area contributed by atoms with Crippen molar-refractivity contribution in [3.8, 4) is 5.75 Å². The number of methoxy groups -OCH3 is 1. The predicted molar refractivity (Wildman–Crippen MR) is 148 cm³/mol. The molecule has 0 saturated heterocycles. The monoisotopic (exact) mass is 555 g/mol. The van der Waals surface area contributed by atoms with E-state index in [9.17, 15) is 22.4 Å². The van der Waals surface area contributed by atoms with Crippen LogP contribution < -0.4 is 14.4 Å². The van der Waals surface area contributed by atoms with Crippen LogP contribution in [0.25, 0.3) is 0 Å². The molecule has 0 aliphatic rings. The quantitative estimate of drug-likeness (QED) is 0.338. The Morgan fingerprint density at radius 2 is 1.67 bits per heavy atom. The molecule has 0 spiro atoms. The Kier molecular flexibility index (Phi) is 10.4. The first-order valence-electron chi connectivity index (χ1n) is 12.7. The number of carbonyl (C=O) groups is 2. The van der Waals surface area contributed by atoms with Gasteiger partial charge in [0.1, 0.15) is 24.2 Å². The van der Waals surface area contributed by atoms with Crippen LogP contribution in [0, 0.1) is 5.82 Å². The lowest BCUT2D eigenvalue weighted by Crippen LogP contribution is -2.52. The van der Waals surface area contributed by atoms with E-state index in [4.69, 9.17) is 4.74 Å². The summed E-state index contributed by atoms with van der Waals surface area (Å²) in [5.74, 6) is -0.869. The number of rotatable bonds is 13. The van der Waals surface area contributed by atoms with Crippen molar-refractivity contribution >= 4 is 27.5 Å². The molecular weight excluding hydrogens is 521 g/mol. The van der Waals surface area contributed by atoms with Crippen molar-refractivity contribution in [3.63, 3.8) is 0 Å². The minimum Gasteiger partial charge on any atom is -0.497 e. The van der Waals surface area contributed by atoms with Gasteiger partial charge in [0.15, 0.2) is 0 Å². The fraction of sp³-hybridized carbons (Fsp3) is 0.310. The molecule has 10 heteroatoms. The summed E-state index contributed by atoms with van der Waals surface area (Å²) in [6.45, 7) is 3.68. The van der Waals surface area contributed by atoms with Crippen molar-refractivity contribution in [1.82, 2.24) is 10.2 Å². The molecule has 39 heavy (non-hydrogen) atoms. The highest BCUT2D eigenvalue weighted by atomic mass is 32.2. The van der Waals surface area contributed by atoms with Crippen LogP contribution in [0.1, 0.15) is 32.3 Å². The van der Waals surface area contributed by atoms with Gasteiger partial charge in [-0.15, -0.1) is 0 Å². The van der Waals surface area contributed by atoms with Crippen molar-refractivity contribution in [1.29, 1.82) is 0 Å². The lowest BCUT2D eigenvalue weighted by Gasteiger charge is -2.33. The summed E-state index contributed by atoms with van der Waals surface area (Å²) in [6, 6.07) is 18.9. The molecule has 0 aliphatic heterocycles. The maximum atomic E-state index is 13.9. The zero-order chi connectivity index (χ0) is 28.4. The SMILES string of the molecule is CCCNC(=O)[C@H](CC)N(Cc1cccc(OC)c1)C(=O)CN(c1ccccc1)S(=O)(=O)c1ccc(F)cc1. The second kappa shape index (κ2) is 13.7. The van der Waals surface area contributed by atoms with Crippen molar-refractivity contribution in [2.45, 2.75) is 44.2 Å². The topological polar surface area (TPSA) is 96.0 Å². The number of nitrogens with one attached hydrogen (secondary N) is 1. The number of hydrogen-bond donors (Lipinski definition) is 1. The maximum absolute atomic E-state index is 13.9. The highest BCUT2D eigenvalue weighted by Crippen LogP contribution is 2.25. The van der Waals surface area contributed by atoms with E-state index in [1.54, 1.807) is 55.5 Å². The molecule has 8 nitrogen and oxygen atoms in total. The van der Waals surface area contributed by atoms with Crippen LogP contribution in [0.15, 0.2) is 83.8 Å². The molecule has 0 heterocycles. The first-order chi connectivity index (χ1) is 18.7. The summed E-state index contributed by atoms with van der Waals surface area (Å²) < 4.78 is 47.2. The Balaban J connectivity index is 2.03. The molecule has 1 N–H and O–H groups in total. The minimum absolute atomic E-state index is 0.0628. The lowest BCUT2D eigenvalue weighted by molar-refractivity contribution is -0.140. The maximum Gasteiger partial charge on any atom is 0.264 e. The van der Waals surface area contributed by atoms with Crippen LogP contribution in [0.3, 0.4) is 0 Å². The van der Waals surface area contributed by atoms with Gasteiger partial charge in [0, 0.05) is 13.1 Å². The molecule has 1 atom stereocenters. The second-order valence-corrected chi connectivity index (χ2v) is 10.8. The predicted octanol–water partition coefficient (Wildman–Crippen LogP) is 4.36. The van der Waals surface area contributed by atoms with Gasteiger partial charge in [-0.2, -0.15) is 0 Å². The smallest absolute Gasteiger partial charge is 0.264 e. The highest BCUT2D eigenvalue weighted by molar-refractivity contribution is 7.92. The molecule has 0 fully saturated rings. The van der Waals surface area contributed by atoms with Gasteiger partial charge < -0.3 is 15.0 Å². The van der Waals surface area contributed by atoms with Crippen LogP contribution >= 0.6 is 0 Å². The molecule has 0 saturated carbocycles. The molecule has 0 aliphatic carbocycles. The van der Waals surface area contributed by atoms with E-state index in [1.165, 1.54) is 12.0 Å².